The van der Waals surface area contributed by atoms with Gasteiger partial charge in [-0.15, -0.1) is 11.6 Å². The van der Waals surface area contributed by atoms with Crippen molar-refractivity contribution in [1.29, 1.82) is 0 Å². The van der Waals surface area contributed by atoms with E-state index in [0.29, 0.717) is 5.88 Å². The first kappa shape index (κ1) is 12.2. The van der Waals surface area contributed by atoms with Crippen LogP contribution in [0, 0.1) is 0 Å². The predicted octanol–water partition coefficient (Wildman–Crippen LogP) is 3.68. The number of hydrogen-bond donors (Lipinski definition) is 1. The standard InChI is InChI=1S/C15H16ClN/c16-10-11-17-12-13-6-8-15(9-7-13)14-4-2-1-3-5-14/h1-9,17H,10-12H2. The molecule has 0 fully saturated rings. The monoisotopic (exact) mass is 245 g/mol. The fourth-order valence-corrected chi connectivity index (χ4v) is 1.88. The van der Waals surface area contributed by atoms with Gasteiger partial charge in [0.15, 0.2) is 0 Å². The highest BCUT2D eigenvalue weighted by molar-refractivity contribution is 6.18. The lowest BCUT2D eigenvalue weighted by molar-refractivity contribution is 0.730. The van der Waals surface area contributed by atoms with Crippen molar-refractivity contribution in [3.63, 3.8) is 0 Å². The van der Waals surface area contributed by atoms with Crippen molar-refractivity contribution in [2.45, 2.75) is 6.54 Å². The van der Waals surface area contributed by atoms with Crippen LogP contribution in [0.2, 0.25) is 0 Å². The molecular weight excluding hydrogens is 230 g/mol. The van der Waals surface area contributed by atoms with Crippen molar-refractivity contribution in [3.8, 4) is 11.1 Å². The first-order chi connectivity index (χ1) is 8.40. The zero-order valence-electron chi connectivity index (χ0n) is 9.70. The molecule has 0 saturated carbocycles. The van der Waals surface area contributed by atoms with E-state index in [1.165, 1.54) is 16.7 Å². The molecule has 1 nitrogen and oxygen atoms in total. The van der Waals surface area contributed by atoms with Gasteiger partial charge in [0.05, 0.1) is 0 Å². The van der Waals surface area contributed by atoms with Gasteiger partial charge < -0.3 is 5.32 Å². The highest BCUT2D eigenvalue weighted by Gasteiger charge is 1.97. The second-order valence-electron chi connectivity index (χ2n) is 3.93. The van der Waals surface area contributed by atoms with Crippen molar-refractivity contribution in [3.05, 3.63) is 60.2 Å². The van der Waals surface area contributed by atoms with Gasteiger partial charge in [-0.1, -0.05) is 54.6 Å². The van der Waals surface area contributed by atoms with E-state index in [-0.39, 0.29) is 0 Å². The van der Waals surface area contributed by atoms with Crippen molar-refractivity contribution < 1.29 is 0 Å². The van der Waals surface area contributed by atoms with Gasteiger partial charge in [0.25, 0.3) is 0 Å². The van der Waals surface area contributed by atoms with Crippen molar-refractivity contribution in [1.82, 2.24) is 5.32 Å². The van der Waals surface area contributed by atoms with Gasteiger partial charge in [0, 0.05) is 19.0 Å². The maximum atomic E-state index is 5.61. The van der Waals surface area contributed by atoms with Crippen LogP contribution in [-0.4, -0.2) is 12.4 Å². The van der Waals surface area contributed by atoms with Crippen LogP contribution in [0.15, 0.2) is 54.6 Å². The van der Waals surface area contributed by atoms with E-state index in [4.69, 9.17) is 11.6 Å². The summed E-state index contributed by atoms with van der Waals surface area (Å²) in [6.07, 6.45) is 0. The molecule has 0 unspecified atom stereocenters. The van der Waals surface area contributed by atoms with E-state index in [1.54, 1.807) is 0 Å². The van der Waals surface area contributed by atoms with Gasteiger partial charge >= 0.3 is 0 Å². The van der Waals surface area contributed by atoms with Gasteiger partial charge in [-0.2, -0.15) is 0 Å². The quantitative estimate of drug-likeness (QED) is 0.626. The number of benzene rings is 2. The smallest absolute Gasteiger partial charge is 0.0348 e. The van der Waals surface area contributed by atoms with Crippen LogP contribution >= 0.6 is 11.6 Å². The van der Waals surface area contributed by atoms with Gasteiger partial charge in [0.2, 0.25) is 0 Å². The van der Waals surface area contributed by atoms with E-state index < -0.39 is 0 Å². The molecule has 0 atom stereocenters. The molecule has 0 spiro atoms. The Kier molecular flexibility index (Phi) is 4.60. The summed E-state index contributed by atoms with van der Waals surface area (Å²) in [6.45, 7) is 1.73. The molecular formula is C15H16ClN. The molecule has 2 aromatic rings. The molecule has 2 aromatic carbocycles. The fraction of sp³-hybridized carbons (Fsp3) is 0.200. The van der Waals surface area contributed by atoms with Gasteiger partial charge in [-0.3, -0.25) is 0 Å². The molecule has 0 heterocycles. The minimum absolute atomic E-state index is 0.655. The van der Waals surface area contributed by atoms with E-state index in [1.807, 2.05) is 6.07 Å². The highest BCUT2D eigenvalue weighted by Crippen LogP contribution is 2.18. The minimum atomic E-state index is 0.655. The van der Waals surface area contributed by atoms with Crippen LogP contribution in [0.5, 0.6) is 0 Å². The Bertz CT molecular complexity index is 436. The number of nitrogens with one attached hydrogen (secondary N) is 1. The van der Waals surface area contributed by atoms with Crippen LogP contribution in [-0.2, 0) is 6.54 Å². The van der Waals surface area contributed by atoms with Crippen molar-refractivity contribution in [2.24, 2.45) is 0 Å². The molecule has 0 amide bonds. The summed E-state index contributed by atoms with van der Waals surface area (Å²) in [6, 6.07) is 19.0. The molecule has 0 bridgehead atoms. The third kappa shape index (κ3) is 3.58. The normalized spacial score (nSPS) is 10.4. The van der Waals surface area contributed by atoms with Gasteiger partial charge in [-0.25, -0.2) is 0 Å². The minimum Gasteiger partial charge on any atom is -0.311 e. The topological polar surface area (TPSA) is 12.0 Å². The maximum Gasteiger partial charge on any atom is 0.0348 e. The van der Waals surface area contributed by atoms with Crippen LogP contribution in [0.1, 0.15) is 5.56 Å². The molecule has 0 aliphatic rings. The second kappa shape index (κ2) is 6.43. The Hall–Kier alpha value is -1.31. The molecule has 17 heavy (non-hydrogen) atoms. The first-order valence-electron chi connectivity index (χ1n) is 5.81. The summed E-state index contributed by atoms with van der Waals surface area (Å²) in [5, 5.41) is 3.28. The first-order valence-corrected chi connectivity index (χ1v) is 6.34. The van der Waals surface area contributed by atoms with Gasteiger partial charge in [0.1, 0.15) is 0 Å². The summed E-state index contributed by atoms with van der Waals surface area (Å²) in [5.74, 6) is 0.655. The number of hydrogen-bond acceptors (Lipinski definition) is 1. The largest absolute Gasteiger partial charge is 0.311 e. The second-order valence-corrected chi connectivity index (χ2v) is 4.31. The Balaban J connectivity index is 2.03. The zero-order chi connectivity index (χ0) is 11.9. The molecule has 1 N–H and O–H groups in total. The average Bonchev–Trinajstić information content (AvgIpc) is 2.41. The molecule has 2 heteroatoms. The van der Waals surface area contributed by atoms with Crippen LogP contribution in [0.4, 0.5) is 0 Å². The highest BCUT2D eigenvalue weighted by atomic mass is 35.5. The summed E-state index contributed by atoms with van der Waals surface area (Å²) in [4.78, 5) is 0. The summed E-state index contributed by atoms with van der Waals surface area (Å²) in [5.41, 5.74) is 3.80. The Morgan fingerprint density at radius 1 is 0.824 bits per heavy atom. The molecule has 0 radical (unpaired) electrons. The Morgan fingerprint density at radius 3 is 2.12 bits per heavy atom. The average molecular weight is 246 g/mol. The third-order valence-corrected chi connectivity index (χ3v) is 2.85. The van der Waals surface area contributed by atoms with Crippen molar-refractivity contribution in [2.75, 3.05) is 12.4 Å². The lowest BCUT2D eigenvalue weighted by Gasteiger charge is -2.05. The van der Waals surface area contributed by atoms with Crippen LogP contribution in [0.25, 0.3) is 11.1 Å². The lowest BCUT2D eigenvalue weighted by Crippen LogP contribution is -2.15. The molecule has 0 aromatic heterocycles. The molecule has 0 aliphatic carbocycles. The molecule has 2 rings (SSSR count). The summed E-state index contributed by atoms with van der Waals surface area (Å²) in [7, 11) is 0. The number of rotatable bonds is 5. The van der Waals surface area contributed by atoms with Gasteiger partial charge in [-0.05, 0) is 16.7 Å². The number of halogens is 1. The Labute approximate surface area is 107 Å². The predicted molar refractivity (Wildman–Crippen MR) is 74.3 cm³/mol. The molecule has 0 aliphatic heterocycles. The SMILES string of the molecule is ClCCNCc1ccc(-c2ccccc2)cc1. The molecule has 0 saturated heterocycles. The number of alkyl halides is 1. The van der Waals surface area contributed by atoms with E-state index >= 15 is 0 Å². The Morgan fingerprint density at radius 2 is 1.47 bits per heavy atom. The maximum absolute atomic E-state index is 5.61. The summed E-state index contributed by atoms with van der Waals surface area (Å²) >= 11 is 5.61. The summed E-state index contributed by atoms with van der Waals surface area (Å²) < 4.78 is 0. The third-order valence-electron chi connectivity index (χ3n) is 2.66. The molecule has 88 valence electrons. The zero-order valence-corrected chi connectivity index (χ0v) is 10.5. The van der Waals surface area contributed by atoms with Crippen molar-refractivity contribution >= 4 is 11.6 Å². The lowest BCUT2D eigenvalue weighted by atomic mass is 10.0. The van der Waals surface area contributed by atoms with E-state index in [2.05, 4.69) is 53.8 Å². The van der Waals surface area contributed by atoms with Crippen LogP contribution < -0.4 is 5.32 Å². The van der Waals surface area contributed by atoms with E-state index in [9.17, 15) is 0 Å². The fourth-order valence-electron chi connectivity index (χ4n) is 1.75. The van der Waals surface area contributed by atoms with Crippen LogP contribution in [0.3, 0.4) is 0 Å². The van der Waals surface area contributed by atoms with E-state index in [0.717, 1.165) is 13.1 Å².